The molecular formula is C83H132N22O24. The molecule has 0 saturated carbocycles. The van der Waals surface area contributed by atoms with E-state index in [0.29, 0.717) is 18.4 Å². The van der Waals surface area contributed by atoms with Gasteiger partial charge >= 0.3 is 17.9 Å². The minimum absolute atomic E-state index is 0.0141. The van der Waals surface area contributed by atoms with Gasteiger partial charge in [0.1, 0.15) is 96.4 Å². The van der Waals surface area contributed by atoms with Crippen molar-refractivity contribution in [1.82, 2.24) is 90.4 Å². The lowest BCUT2D eigenvalue weighted by Gasteiger charge is -2.31. The maximum Gasteiger partial charge on any atom is 0.326 e. The van der Waals surface area contributed by atoms with Gasteiger partial charge in [0, 0.05) is 31.5 Å². The Kier molecular flexibility index (Phi) is 48.5. The molecule has 46 heteroatoms. The molecule has 2 aromatic rings. The third-order valence-corrected chi connectivity index (χ3v) is 20.8. The molecule has 0 spiro atoms. The fourth-order valence-electron chi connectivity index (χ4n) is 12.5. The van der Waals surface area contributed by atoms with Crippen molar-refractivity contribution in [3.63, 3.8) is 0 Å². The minimum atomic E-state index is -1.92. The number of phenols is 1. The van der Waals surface area contributed by atoms with Crippen LogP contribution in [0.4, 0.5) is 5.69 Å². The number of amides is 17. The monoisotopic (exact) mass is 1820 g/mol. The van der Waals surface area contributed by atoms with Crippen LogP contribution in [0.15, 0.2) is 48.5 Å². The summed E-state index contributed by atoms with van der Waals surface area (Å²) in [6.07, 6.45) is -2.64. The third-order valence-electron chi connectivity index (χ3n) is 20.8. The molecule has 0 heterocycles. The van der Waals surface area contributed by atoms with Crippen LogP contribution in [-0.2, 0) is 97.5 Å². The number of aliphatic carboxylic acids is 3. The smallest absolute Gasteiger partial charge is 0.326 e. The first kappa shape index (κ1) is 112. The molecule has 0 unspecified atom stereocenters. The average Bonchev–Trinajstić information content (AvgIpc) is 0.868. The van der Waals surface area contributed by atoms with E-state index < -0.39 is 277 Å². The topological polar surface area (TPSA) is 755 Å². The Morgan fingerprint density at radius 1 is 0.380 bits per heavy atom. The molecule has 46 nitrogen and oxygen atoms in total. The van der Waals surface area contributed by atoms with E-state index in [4.69, 9.17) is 28.3 Å². The van der Waals surface area contributed by atoms with Crippen LogP contribution in [0, 0.1) is 35.0 Å². The van der Waals surface area contributed by atoms with Crippen molar-refractivity contribution in [1.29, 1.82) is 5.41 Å². The van der Waals surface area contributed by atoms with Crippen LogP contribution in [0.1, 0.15) is 190 Å². The summed E-state index contributed by atoms with van der Waals surface area (Å²) in [5.41, 5.74) is 23.3. The molecule has 0 aliphatic rings. The molecule has 129 heavy (non-hydrogen) atoms. The molecule has 0 bridgehead atoms. The van der Waals surface area contributed by atoms with E-state index in [1.807, 2.05) is 0 Å². The van der Waals surface area contributed by atoms with Gasteiger partial charge in [-0.2, -0.15) is 0 Å². The summed E-state index contributed by atoms with van der Waals surface area (Å²) in [5.74, 6) is -25.1. The van der Waals surface area contributed by atoms with Crippen molar-refractivity contribution in [3.05, 3.63) is 59.7 Å². The number of aromatic hydroxyl groups is 1. The summed E-state index contributed by atoms with van der Waals surface area (Å²) < 4.78 is 0. The summed E-state index contributed by atoms with van der Waals surface area (Å²) in [7, 11) is 0. The molecule has 17 amide bonds. The van der Waals surface area contributed by atoms with Gasteiger partial charge in [0.15, 0.2) is 5.96 Å². The Labute approximate surface area is 747 Å². The molecule has 0 aromatic heterocycles. The number of unbranched alkanes of at least 4 members (excludes halogenated alkanes) is 1. The zero-order valence-corrected chi connectivity index (χ0v) is 75.2. The van der Waals surface area contributed by atoms with Crippen molar-refractivity contribution < 1.29 is 116 Å². The van der Waals surface area contributed by atoms with Gasteiger partial charge in [0.05, 0.1) is 18.5 Å². The predicted molar refractivity (Wildman–Crippen MR) is 467 cm³/mol. The fraction of sp³-hybridized carbons (Fsp3) is 0.602. The van der Waals surface area contributed by atoms with Crippen LogP contribution in [0.2, 0.25) is 0 Å². The number of para-hydroxylation sites is 1. The first-order chi connectivity index (χ1) is 60.4. The molecule has 0 aliphatic heterocycles. The van der Waals surface area contributed by atoms with Crippen LogP contribution in [0.5, 0.6) is 5.75 Å². The van der Waals surface area contributed by atoms with Crippen molar-refractivity contribution >= 4 is 130 Å². The number of hydrogen-bond donors (Lipinski definition) is 26. The lowest BCUT2D eigenvalue weighted by atomic mass is 9.95. The molecule has 2 rings (SSSR count). The van der Waals surface area contributed by atoms with E-state index in [9.17, 15) is 116 Å². The number of carboxylic acid groups (broad SMARTS) is 3. The number of nitrogen functional groups attached to an aromatic ring is 1. The van der Waals surface area contributed by atoms with Gasteiger partial charge in [0.25, 0.3) is 5.91 Å². The molecular weight excluding hydrogens is 1690 g/mol. The van der Waals surface area contributed by atoms with Crippen molar-refractivity contribution in [2.45, 2.75) is 271 Å². The van der Waals surface area contributed by atoms with E-state index in [1.165, 1.54) is 106 Å². The fourth-order valence-corrected chi connectivity index (χ4v) is 12.5. The first-order valence-corrected chi connectivity index (χ1v) is 42.6. The number of phenolic OH excluding ortho intramolecular Hbond substituents is 1. The van der Waals surface area contributed by atoms with Crippen LogP contribution >= 0.6 is 0 Å². The number of benzene rings is 2. The van der Waals surface area contributed by atoms with Crippen LogP contribution in [-0.4, -0.2) is 255 Å². The first-order valence-electron chi connectivity index (χ1n) is 42.6. The SMILES string of the molecule is CC[C@H](C)[C@H](NC(=O)[C@H](CCCNC(=N)N)NC(=O)c1ccccc1N)C(=O)N[C@H](C(=O)N[C@@H](CC(=O)O)C(=O)N[C@@H](C)C(=O)N[C@H](C(=O)N[C@H](C(=O)N[C@@H](CCC(=O)O)C(=O)N[C@@H](CCC(N)=O)C(=O)N[C@H](C(=O)N[C@@H](CCCCN)C(=O)N[C@@H](C)C(=O)N[C@@H](C)C(=O)NCC(=O)N[C@@H](C)C(=O)N[C@@H](Cc1ccc(O)cc1)C(=O)O)C(C)C)[C@@H](C)CC)C(C)C)C(C)C. The Hall–Kier alpha value is -13.3. The van der Waals surface area contributed by atoms with Crippen LogP contribution < -0.4 is 113 Å². The van der Waals surface area contributed by atoms with E-state index in [2.05, 4.69) is 90.4 Å². The van der Waals surface area contributed by atoms with E-state index >= 15 is 0 Å². The highest BCUT2D eigenvalue weighted by molar-refractivity contribution is 6.04. The molecule has 0 aliphatic carbocycles. The number of guanidine groups is 1. The highest BCUT2D eigenvalue weighted by Crippen LogP contribution is 2.19. The normalized spacial score (nSPS) is 15.1. The second-order valence-corrected chi connectivity index (χ2v) is 32.6. The number of carboxylic acids is 3. The van der Waals surface area contributed by atoms with Crippen molar-refractivity contribution in [2.24, 2.45) is 46.8 Å². The van der Waals surface area contributed by atoms with E-state index in [-0.39, 0.29) is 74.6 Å². The van der Waals surface area contributed by atoms with Gasteiger partial charge in [-0.15, -0.1) is 0 Å². The summed E-state index contributed by atoms with van der Waals surface area (Å²) in [6.45, 7) is 20.1. The summed E-state index contributed by atoms with van der Waals surface area (Å²) in [6, 6.07) is -11.1. The van der Waals surface area contributed by atoms with Gasteiger partial charge in [-0.1, -0.05) is 106 Å². The number of carbonyl (C=O) groups excluding carboxylic acids is 17. The lowest BCUT2D eigenvalue weighted by molar-refractivity contribution is -0.142. The number of anilines is 1. The highest BCUT2D eigenvalue weighted by Gasteiger charge is 2.41. The molecule has 0 radical (unpaired) electrons. The quantitative estimate of drug-likeness (QED) is 0.0128. The Bertz CT molecular complexity index is 4250. The van der Waals surface area contributed by atoms with E-state index in [0.717, 1.165) is 6.92 Å². The summed E-state index contributed by atoms with van der Waals surface area (Å²) in [4.78, 5) is 271. The number of hydrogen-bond acceptors (Lipinski definition) is 24. The Balaban J connectivity index is 2.32. The largest absolute Gasteiger partial charge is 0.508 e. The van der Waals surface area contributed by atoms with Gasteiger partial charge in [0.2, 0.25) is 94.5 Å². The second-order valence-electron chi connectivity index (χ2n) is 32.6. The van der Waals surface area contributed by atoms with Gasteiger partial charge < -0.3 is 134 Å². The number of nitrogens with one attached hydrogen (secondary N) is 18. The van der Waals surface area contributed by atoms with Gasteiger partial charge in [-0.05, 0) is 139 Å². The lowest BCUT2D eigenvalue weighted by Crippen LogP contribution is -2.62. The van der Waals surface area contributed by atoms with Crippen LogP contribution in [0.3, 0.4) is 0 Å². The predicted octanol–water partition coefficient (Wildman–Crippen LogP) is -4.56. The van der Waals surface area contributed by atoms with Crippen LogP contribution in [0.25, 0.3) is 0 Å². The standard InChI is InChI=1S/C83H132N22O24/c1-15-42(9)65(105-79(125)64(41(7)8)101-70(116)47(14)94-76(122)56(37-61(111)112)99-78(124)63(40(5)6)103-81(127)66(43(10)16-2)104-74(120)53(25-21-35-89-83(87)88)95-71(117)50-22-17-18-23-51(50)85)80(126)98-55(31-33-60(109)110)73(119)96-54(30-32-58(86)107)75(121)102-62(39(3)4)77(123)97-52(24-19-20-34-84)72(118)93-46(13)68(114)92-44(11)67(113)90-38-59(108)91-45(12)69(115)100-57(82(128)129)36-48-26-28-49(106)29-27-48/h17-18,22-23,26-29,39-47,52-57,62-66,106H,15-16,19-21,24-25,30-38,84-85H2,1-14H3,(H2,86,107)(H,90,113)(H,91,108)(H,92,114)(H,93,118)(H,94,122)(H,95,117)(H,96,119)(H,97,123)(H,98,126)(H,99,124)(H,100,115)(H,101,116)(H,102,121)(H,103,127)(H,104,120)(H,105,125)(H,109,110)(H,111,112)(H,128,129)(H4,87,88,89)/t42-,43-,44-,45-,46-,47-,52-,53-,54-,55-,56-,57-,62-,63-,64-,65-,66-/m0/s1. The zero-order chi connectivity index (χ0) is 98.0. The Morgan fingerprint density at radius 3 is 1.23 bits per heavy atom. The third kappa shape index (κ3) is 40.0. The molecule has 30 N–H and O–H groups in total. The maximum atomic E-state index is 14.5. The minimum Gasteiger partial charge on any atom is -0.508 e. The van der Waals surface area contributed by atoms with Crippen molar-refractivity contribution in [2.75, 3.05) is 25.4 Å². The molecule has 718 valence electrons. The number of primary amides is 1. The molecule has 2 aromatic carbocycles. The maximum absolute atomic E-state index is 14.5. The number of carbonyl (C=O) groups is 20. The number of rotatable bonds is 58. The van der Waals surface area contributed by atoms with Crippen molar-refractivity contribution in [3.8, 4) is 5.75 Å². The molecule has 0 fully saturated rings. The highest BCUT2D eigenvalue weighted by atomic mass is 16.4. The van der Waals surface area contributed by atoms with E-state index in [1.54, 1.807) is 32.9 Å². The average molecular weight is 1820 g/mol. The zero-order valence-electron chi connectivity index (χ0n) is 75.2. The molecule has 0 saturated heterocycles. The summed E-state index contributed by atoms with van der Waals surface area (Å²) in [5, 5.41) is 88.4. The molecule has 17 atom stereocenters. The number of nitrogens with two attached hydrogens (primary N) is 4. The Morgan fingerprint density at radius 2 is 0.752 bits per heavy atom. The van der Waals surface area contributed by atoms with Gasteiger partial charge in [-0.25, -0.2) is 4.79 Å². The second kappa shape index (κ2) is 56.0. The van der Waals surface area contributed by atoms with Gasteiger partial charge in [-0.3, -0.25) is 96.5 Å². The summed E-state index contributed by atoms with van der Waals surface area (Å²) >= 11 is 0.